The molecule has 150 valence electrons. The van der Waals surface area contributed by atoms with Crippen LogP contribution in [0.15, 0.2) is 0 Å². The summed E-state index contributed by atoms with van der Waals surface area (Å²) in [6.07, 6.45) is 0. The summed E-state index contributed by atoms with van der Waals surface area (Å²) in [4.78, 5) is 0. The van der Waals surface area contributed by atoms with Crippen LogP contribution in [0.3, 0.4) is 0 Å². The number of nitrogens with zero attached hydrogens (tertiary/aromatic N) is 6. The molecule has 0 rings (SSSR count). The van der Waals surface area contributed by atoms with Crippen LogP contribution in [0.2, 0.25) is 58.9 Å². The molecule has 0 amide bonds. The Labute approximate surface area is 170 Å². The molecule has 0 saturated carbocycles. The zero-order chi connectivity index (χ0) is 20.5. The van der Waals surface area contributed by atoms with E-state index in [-0.39, 0.29) is 0 Å². The van der Waals surface area contributed by atoms with Crippen LogP contribution in [-0.4, -0.2) is 112 Å². The van der Waals surface area contributed by atoms with E-state index in [4.69, 9.17) is 0 Å². The summed E-state index contributed by atoms with van der Waals surface area (Å²) in [5, 5.41) is 7.25. The van der Waals surface area contributed by atoms with Crippen molar-refractivity contribution in [1.29, 1.82) is 0 Å². The first-order valence-corrected chi connectivity index (χ1v) is 24.0. The van der Waals surface area contributed by atoms with E-state index in [1.165, 1.54) is 0 Å². The van der Waals surface area contributed by atoms with Crippen LogP contribution in [0.1, 0.15) is 0 Å². The van der Waals surface area contributed by atoms with Crippen LogP contribution in [0, 0.1) is 0 Å². The van der Waals surface area contributed by atoms with Gasteiger partial charge in [-0.3, -0.25) is 0 Å². The standard InChI is InChI=1S/3C5H15N2Si.In/c3*1-7(2)6-8(3,4)5;/h3*1-5H3;/q3*-1;+3. The Kier molecular flexibility index (Phi) is 9.66. The van der Waals surface area contributed by atoms with Crippen molar-refractivity contribution in [1.82, 2.24) is 23.0 Å². The zero-order valence-electron chi connectivity index (χ0n) is 19.8. The number of hydrogen-bond donors (Lipinski definition) is 0. The van der Waals surface area contributed by atoms with Crippen LogP contribution in [0.25, 0.3) is 0 Å². The third-order valence-corrected chi connectivity index (χ3v) is 41.6. The summed E-state index contributed by atoms with van der Waals surface area (Å²) in [6, 6.07) is 0. The molecule has 0 radical (unpaired) electrons. The fourth-order valence-electron chi connectivity index (χ4n) is 3.77. The van der Waals surface area contributed by atoms with Crippen LogP contribution in [-0.2, 0) is 0 Å². The van der Waals surface area contributed by atoms with Crippen molar-refractivity contribution < 1.29 is 0 Å². The van der Waals surface area contributed by atoms with Crippen molar-refractivity contribution in [3.05, 3.63) is 0 Å². The molecule has 10 heteroatoms. The molecule has 0 atom stereocenters. The van der Waals surface area contributed by atoms with Gasteiger partial charge in [-0.15, -0.1) is 0 Å². The van der Waals surface area contributed by atoms with Gasteiger partial charge in [0.25, 0.3) is 0 Å². The van der Waals surface area contributed by atoms with Gasteiger partial charge in [0.05, 0.1) is 0 Å². The minimum atomic E-state index is -2.62. The van der Waals surface area contributed by atoms with Crippen molar-refractivity contribution in [3.63, 3.8) is 0 Å². The molecule has 0 spiro atoms. The zero-order valence-corrected chi connectivity index (χ0v) is 26.1. The Morgan fingerprint density at radius 2 is 0.560 bits per heavy atom. The molecular formula is C15H45InN6Si3. The van der Waals surface area contributed by atoms with Gasteiger partial charge in [0, 0.05) is 0 Å². The summed E-state index contributed by atoms with van der Waals surface area (Å²) >= 11 is -2.62. The minimum absolute atomic E-state index is 1.53. The topological polar surface area (TPSA) is 19.4 Å². The Morgan fingerprint density at radius 3 is 0.640 bits per heavy atom. The molecule has 6 nitrogen and oxygen atoms in total. The van der Waals surface area contributed by atoms with Crippen LogP contribution < -0.4 is 0 Å². The van der Waals surface area contributed by atoms with E-state index >= 15 is 0 Å². The van der Waals surface area contributed by atoms with Crippen LogP contribution in [0.5, 0.6) is 0 Å². The average Bonchev–Trinajstić information content (AvgIpc) is 2.19. The summed E-state index contributed by atoms with van der Waals surface area (Å²) < 4.78 is 8.60. The molecule has 0 aromatic carbocycles. The third-order valence-electron chi connectivity index (χ3n) is 4.01. The molecule has 0 saturated heterocycles. The van der Waals surface area contributed by atoms with Crippen molar-refractivity contribution in [2.45, 2.75) is 58.9 Å². The molecule has 0 bridgehead atoms. The predicted octanol–water partition coefficient (Wildman–Crippen LogP) is 2.81. The molecule has 0 unspecified atom stereocenters. The van der Waals surface area contributed by atoms with E-state index in [0.717, 1.165) is 0 Å². The maximum absolute atomic E-state index is 2.87. The number of hydrazine groups is 3. The Balaban J connectivity index is 6.67. The van der Waals surface area contributed by atoms with Gasteiger partial charge in [-0.2, -0.15) is 0 Å². The van der Waals surface area contributed by atoms with Gasteiger partial charge < -0.3 is 0 Å². The second kappa shape index (κ2) is 9.19. The molecule has 25 heavy (non-hydrogen) atoms. The second-order valence-electron chi connectivity index (χ2n) is 10.4. The first kappa shape index (κ1) is 26.3. The van der Waals surface area contributed by atoms with E-state index in [1.807, 2.05) is 0 Å². The molecule has 0 aliphatic carbocycles. The molecule has 0 aromatic heterocycles. The Morgan fingerprint density at radius 1 is 0.400 bits per heavy atom. The van der Waals surface area contributed by atoms with Crippen LogP contribution in [0.4, 0.5) is 0 Å². The molecular weight excluding hydrogens is 463 g/mol. The SMILES string of the molecule is CN(C)[N]([In]([N](N(C)C)[Si](C)(C)C)[N](N(C)C)[Si](C)(C)C)[Si](C)(C)C. The van der Waals surface area contributed by atoms with E-state index in [1.54, 1.807) is 0 Å². The van der Waals surface area contributed by atoms with E-state index < -0.39 is 47.0 Å². The number of hydrogen-bond acceptors (Lipinski definition) is 6. The molecule has 0 aliphatic heterocycles. The van der Waals surface area contributed by atoms with Gasteiger partial charge in [-0.25, -0.2) is 0 Å². The first-order valence-electron chi connectivity index (χ1n) is 9.23. The number of rotatable bonds is 9. The van der Waals surface area contributed by atoms with Gasteiger partial charge in [-0.1, -0.05) is 0 Å². The van der Waals surface area contributed by atoms with Gasteiger partial charge in [0.2, 0.25) is 0 Å². The monoisotopic (exact) mass is 508 g/mol. The van der Waals surface area contributed by atoms with Crippen molar-refractivity contribution in [2.75, 3.05) is 42.3 Å². The average molecular weight is 509 g/mol. The van der Waals surface area contributed by atoms with E-state index in [0.29, 0.717) is 0 Å². The summed E-state index contributed by atoms with van der Waals surface area (Å²) in [5.41, 5.74) is 0. The fourth-order valence-corrected chi connectivity index (χ4v) is 39.3. The van der Waals surface area contributed by atoms with Gasteiger partial charge in [0.1, 0.15) is 0 Å². The van der Waals surface area contributed by atoms with E-state index in [9.17, 15) is 0 Å². The third kappa shape index (κ3) is 7.31. The Bertz CT molecular complexity index is 353. The van der Waals surface area contributed by atoms with Crippen molar-refractivity contribution in [2.24, 2.45) is 0 Å². The van der Waals surface area contributed by atoms with Crippen molar-refractivity contribution >= 4 is 47.0 Å². The van der Waals surface area contributed by atoms with E-state index in [2.05, 4.69) is 124 Å². The Hall–Kier alpha value is 1.28. The summed E-state index contributed by atoms with van der Waals surface area (Å²) in [5.74, 6) is 0. The quantitative estimate of drug-likeness (QED) is 0.350. The molecule has 0 aromatic rings. The molecule has 0 heterocycles. The first-order chi connectivity index (χ1) is 10.8. The fraction of sp³-hybridized carbons (Fsp3) is 1.00. The van der Waals surface area contributed by atoms with Gasteiger partial charge in [-0.05, 0) is 0 Å². The van der Waals surface area contributed by atoms with Gasteiger partial charge >= 0.3 is 171 Å². The second-order valence-corrected chi connectivity index (χ2v) is 35.4. The van der Waals surface area contributed by atoms with Crippen LogP contribution >= 0.6 is 0 Å². The van der Waals surface area contributed by atoms with Crippen molar-refractivity contribution in [3.8, 4) is 0 Å². The van der Waals surface area contributed by atoms with Gasteiger partial charge in [0.15, 0.2) is 0 Å². The summed E-state index contributed by atoms with van der Waals surface area (Å²) in [7, 11) is 8.91. The normalized spacial score (nSPS) is 14.8. The molecule has 0 N–H and O–H groups in total. The predicted molar refractivity (Wildman–Crippen MR) is 122 cm³/mol. The summed E-state index contributed by atoms with van der Waals surface area (Å²) in [6.45, 7) is 22.4. The molecule has 0 fully saturated rings. The molecule has 0 aliphatic rings. The maximum atomic E-state index is 2.87.